The first-order valence-corrected chi connectivity index (χ1v) is 16.3. The Balaban J connectivity index is 1.40. The maximum atomic E-state index is 14.4. The number of amides is 1. The smallest absolute Gasteiger partial charge is 0.408 e. The molecule has 2 aliphatic carbocycles. The number of carbonyl (C=O) groups excluding carboxylic acids is 3. The number of rotatable bonds is 9. The fraction of sp³-hybridized carbons (Fsp3) is 0.293. The summed E-state index contributed by atoms with van der Waals surface area (Å²) in [7, 11) is 1.37. The lowest BCUT2D eigenvalue weighted by Crippen LogP contribution is -2.46. The molecule has 3 atom stereocenters. The van der Waals surface area contributed by atoms with Crippen LogP contribution in [0.1, 0.15) is 70.6 Å². The summed E-state index contributed by atoms with van der Waals surface area (Å²) in [4.78, 5) is 39.6. The molecule has 7 heteroatoms. The highest BCUT2D eigenvalue weighted by molar-refractivity contribution is 5.89. The van der Waals surface area contributed by atoms with Gasteiger partial charge in [-0.25, -0.2) is 14.4 Å². The van der Waals surface area contributed by atoms with Gasteiger partial charge in [0.05, 0.1) is 12.7 Å². The van der Waals surface area contributed by atoms with Gasteiger partial charge in [-0.1, -0.05) is 103 Å². The second-order valence-corrected chi connectivity index (χ2v) is 13.6. The van der Waals surface area contributed by atoms with Crippen molar-refractivity contribution in [3.8, 4) is 0 Å². The summed E-state index contributed by atoms with van der Waals surface area (Å²) in [5, 5.41) is 2.81. The molecule has 6 rings (SSSR count). The van der Waals surface area contributed by atoms with Gasteiger partial charge in [-0.15, -0.1) is 0 Å². The normalized spacial score (nSPS) is 18.6. The first-order valence-electron chi connectivity index (χ1n) is 16.3. The highest BCUT2D eigenvalue weighted by Crippen LogP contribution is 2.56. The summed E-state index contributed by atoms with van der Waals surface area (Å²) in [6.45, 7) is 5.35. The average Bonchev–Trinajstić information content (AvgIpc) is 3.64. The fourth-order valence-corrected chi connectivity index (χ4v) is 6.94. The van der Waals surface area contributed by atoms with Crippen LogP contribution >= 0.6 is 0 Å². The Bertz CT molecular complexity index is 1840. The van der Waals surface area contributed by atoms with E-state index in [-0.39, 0.29) is 6.42 Å². The van der Waals surface area contributed by atoms with Crippen molar-refractivity contribution in [3.63, 3.8) is 0 Å². The van der Waals surface area contributed by atoms with E-state index < -0.39 is 41.2 Å². The van der Waals surface area contributed by atoms with Crippen molar-refractivity contribution in [2.75, 3.05) is 7.11 Å². The second kappa shape index (κ2) is 13.5. The van der Waals surface area contributed by atoms with Gasteiger partial charge >= 0.3 is 18.0 Å². The van der Waals surface area contributed by atoms with E-state index in [1.165, 1.54) is 18.2 Å². The number of fused-ring (bicyclic) bond motifs is 2. The average molecular weight is 644 g/mol. The van der Waals surface area contributed by atoms with Crippen LogP contribution in [0, 0.1) is 5.41 Å². The zero-order valence-electron chi connectivity index (χ0n) is 27.8. The minimum absolute atomic E-state index is 0.239. The fourth-order valence-electron chi connectivity index (χ4n) is 6.94. The third kappa shape index (κ3) is 7.05. The molecule has 0 heterocycles. The van der Waals surface area contributed by atoms with E-state index in [4.69, 9.17) is 14.2 Å². The first kappa shape index (κ1) is 32.8. The molecule has 2 aliphatic rings. The molecule has 0 saturated heterocycles. The SMILES string of the molecule is COC(=O)c1ccc(CC2(C3=Cc4ccccc4C3)Cc3ccccc3C2OC(=O)[C@@H](Cc2ccccc2)NC(=O)OC(C)(C)C)cc1. The molecule has 0 aromatic heterocycles. The van der Waals surface area contributed by atoms with Gasteiger partial charge in [-0.05, 0) is 85.5 Å². The lowest BCUT2D eigenvalue weighted by atomic mass is 9.70. The number of ether oxygens (including phenoxy) is 3. The number of nitrogens with one attached hydrogen (secondary N) is 1. The first-order chi connectivity index (χ1) is 23.0. The van der Waals surface area contributed by atoms with Crippen LogP contribution in [-0.2, 0) is 44.7 Å². The number of methoxy groups -OCH3 is 1. The number of hydrogen-bond acceptors (Lipinski definition) is 6. The standard InChI is InChI=1S/C41H41NO6/c1-40(2,3)48-39(45)42-35(22-27-12-6-5-7-13-27)38(44)47-36-34-17-11-10-16-32(34)26-41(36,33-23-30-14-8-9-15-31(30)24-33)25-28-18-20-29(21-19-28)37(43)46-4/h5-21,23,35-36H,22,24-26H2,1-4H3,(H,42,45)/t35-,36?,41?/m1/s1. The molecule has 0 radical (unpaired) electrons. The molecule has 4 aromatic carbocycles. The molecule has 4 aromatic rings. The number of benzene rings is 4. The van der Waals surface area contributed by atoms with Gasteiger partial charge in [0, 0.05) is 11.8 Å². The minimum atomic E-state index is -0.984. The predicted octanol–water partition coefficient (Wildman–Crippen LogP) is 7.62. The zero-order valence-corrected chi connectivity index (χ0v) is 27.8. The van der Waals surface area contributed by atoms with Crippen LogP contribution in [0.15, 0.2) is 109 Å². The molecule has 246 valence electrons. The lowest BCUT2D eigenvalue weighted by molar-refractivity contribution is -0.157. The van der Waals surface area contributed by atoms with E-state index in [0.29, 0.717) is 18.4 Å². The van der Waals surface area contributed by atoms with Crippen molar-refractivity contribution >= 4 is 24.1 Å². The van der Waals surface area contributed by atoms with E-state index in [9.17, 15) is 14.4 Å². The van der Waals surface area contributed by atoms with Crippen LogP contribution in [0.3, 0.4) is 0 Å². The lowest BCUT2D eigenvalue weighted by Gasteiger charge is -2.38. The number of esters is 2. The highest BCUT2D eigenvalue weighted by Gasteiger charge is 2.52. The number of alkyl carbamates (subject to hydrolysis) is 1. The molecule has 0 fully saturated rings. The van der Waals surface area contributed by atoms with Crippen molar-refractivity contribution in [2.45, 2.75) is 64.2 Å². The van der Waals surface area contributed by atoms with Crippen molar-refractivity contribution in [2.24, 2.45) is 5.41 Å². The zero-order chi connectivity index (χ0) is 33.9. The van der Waals surface area contributed by atoms with Gasteiger partial charge in [0.1, 0.15) is 17.7 Å². The van der Waals surface area contributed by atoms with Gasteiger partial charge in [0.2, 0.25) is 0 Å². The molecular weight excluding hydrogens is 602 g/mol. The summed E-state index contributed by atoms with van der Waals surface area (Å²) < 4.78 is 17.1. The predicted molar refractivity (Wildman–Crippen MR) is 184 cm³/mol. The van der Waals surface area contributed by atoms with Gasteiger partial charge in [-0.3, -0.25) is 0 Å². The third-order valence-electron chi connectivity index (χ3n) is 9.14. The number of carbonyl (C=O) groups is 3. The third-order valence-corrected chi connectivity index (χ3v) is 9.14. The van der Waals surface area contributed by atoms with Gasteiger partial charge in [0.15, 0.2) is 0 Å². The molecule has 7 nitrogen and oxygen atoms in total. The van der Waals surface area contributed by atoms with Crippen molar-refractivity contribution in [1.29, 1.82) is 0 Å². The summed E-state index contributed by atoms with van der Waals surface area (Å²) in [6, 6.07) is 32.5. The Labute approximate surface area is 281 Å². The van der Waals surface area contributed by atoms with Gasteiger partial charge < -0.3 is 19.5 Å². The monoisotopic (exact) mass is 643 g/mol. The molecule has 0 spiro atoms. The van der Waals surface area contributed by atoms with E-state index in [2.05, 4.69) is 29.6 Å². The van der Waals surface area contributed by atoms with Gasteiger partial charge in [0.25, 0.3) is 0 Å². The van der Waals surface area contributed by atoms with Crippen molar-refractivity contribution < 1.29 is 28.6 Å². The highest BCUT2D eigenvalue weighted by atomic mass is 16.6. The van der Waals surface area contributed by atoms with Crippen LogP contribution in [0.4, 0.5) is 4.79 Å². The molecule has 1 amide bonds. The van der Waals surface area contributed by atoms with Crippen molar-refractivity contribution in [3.05, 3.63) is 148 Å². The minimum Gasteiger partial charge on any atom is -0.465 e. The Morgan fingerprint density at radius 3 is 2.19 bits per heavy atom. The maximum Gasteiger partial charge on any atom is 0.408 e. The topological polar surface area (TPSA) is 90.9 Å². The van der Waals surface area contributed by atoms with E-state index in [0.717, 1.165) is 34.2 Å². The maximum absolute atomic E-state index is 14.4. The Morgan fingerprint density at radius 1 is 0.833 bits per heavy atom. The van der Waals surface area contributed by atoms with E-state index >= 15 is 0 Å². The summed E-state index contributed by atoms with van der Waals surface area (Å²) in [5.74, 6) is -0.930. The molecule has 0 aliphatic heterocycles. The van der Waals surface area contributed by atoms with Crippen LogP contribution in [-0.4, -0.2) is 36.8 Å². The summed E-state index contributed by atoms with van der Waals surface area (Å²) in [5.41, 5.74) is 6.60. The molecular formula is C41H41NO6. The largest absolute Gasteiger partial charge is 0.465 e. The Hall–Kier alpha value is -5.17. The Morgan fingerprint density at radius 2 is 1.50 bits per heavy atom. The second-order valence-electron chi connectivity index (χ2n) is 13.6. The summed E-state index contributed by atoms with van der Waals surface area (Å²) >= 11 is 0. The molecule has 0 bridgehead atoms. The number of hydrogen-bond donors (Lipinski definition) is 1. The molecule has 0 saturated carbocycles. The van der Waals surface area contributed by atoms with Crippen molar-refractivity contribution in [1.82, 2.24) is 5.32 Å². The molecule has 2 unspecified atom stereocenters. The van der Waals surface area contributed by atoms with Crippen LogP contribution < -0.4 is 5.32 Å². The molecule has 48 heavy (non-hydrogen) atoms. The Kier molecular flexibility index (Phi) is 9.22. The molecule has 1 N–H and O–H groups in total. The summed E-state index contributed by atoms with van der Waals surface area (Å²) in [6.07, 6.45) is 3.10. The quantitative estimate of drug-likeness (QED) is 0.149. The van der Waals surface area contributed by atoms with E-state index in [1.54, 1.807) is 32.9 Å². The van der Waals surface area contributed by atoms with Crippen LogP contribution in [0.2, 0.25) is 0 Å². The van der Waals surface area contributed by atoms with Gasteiger partial charge in [-0.2, -0.15) is 0 Å². The van der Waals surface area contributed by atoms with Crippen LogP contribution in [0.25, 0.3) is 6.08 Å². The van der Waals surface area contributed by atoms with Crippen LogP contribution in [0.5, 0.6) is 0 Å². The van der Waals surface area contributed by atoms with E-state index in [1.807, 2.05) is 72.8 Å².